The van der Waals surface area contributed by atoms with Crippen molar-refractivity contribution in [1.29, 1.82) is 0 Å². The van der Waals surface area contributed by atoms with Gasteiger partial charge in [0, 0.05) is 19.3 Å². The van der Waals surface area contributed by atoms with Crippen molar-refractivity contribution < 1.29 is 49.0 Å². The van der Waals surface area contributed by atoms with Gasteiger partial charge in [-0.05, 0) is 48.4 Å². The first-order valence-electron chi connectivity index (χ1n) is 9.29. The third-order valence-corrected chi connectivity index (χ3v) is 5.91. The topological polar surface area (TPSA) is 72.9 Å². The summed E-state index contributed by atoms with van der Waals surface area (Å²) < 4.78 is 109. The van der Waals surface area contributed by atoms with Crippen LogP contribution in [0.5, 0.6) is 11.5 Å². The van der Waals surface area contributed by atoms with E-state index in [4.69, 9.17) is 4.74 Å². The highest BCUT2D eigenvalue weighted by Gasteiger charge is 2.39. The average molecular weight is 497 g/mol. The fourth-order valence-electron chi connectivity index (χ4n) is 3.15. The summed E-state index contributed by atoms with van der Waals surface area (Å²) in [6.07, 6.45) is -11.1. The molecule has 0 aromatic heterocycles. The van der Waals surface area contributed by atoms with Crippen LogP contribution < -0.4 is 9.47 Å². The van der Waals surface area contributed by atoms with Crippen LogP contribution in [0.4, 0.5) is 26.3 Å². The molecule has 0 fully saturated rings. The maximum absolute atomic E-state index is 13.1. The van der Waals surface area contributed by atoms with Crippen molar-refractivity contribution in [2.45, 2.75) is 43.6 Å². The van der Waals surface area contributed by atoms with Crippen LogP contribution in [0.3, 0.4) is 0 Å². The molecule has 0 radical (unpaired) electrons. The number of fused-ring (bicyclic) bond motifs is 1. The molecule has 0 saturated heterocycles. The minimum atomic E-state index is -4.91. The number of benzene rings is 2. The molecule has 0 unspecified atom stereocenters. The molecule has 1 aliphatic rings. The van der Waals surface area contributed by atoms with Crippen LogP contribution in [-0.4, -0.2) is 44.1 Å². The van der Waals surface area contributed by atoms with E-state index < -0.39 is 51.4 Å². The van der Waals surface area contributed by atoms with Crippen molar-refractivity contribution in [3.63, 3.8) is 0 Å². The van der Waals surface area contributed by atoms with Crippen molar-refractivity contribution in [3.05, 3.63) is 53.1 Å². The van der Waals surface area contributed by atoms with E-state index in [0.29, 0.717) is 11.1 Å². The summed E-state index contributed by atoms with van der Waals surface area (Å²) in [5.41, 5.74) is 0.423. The minimum absolute atomic E-state index is 0.0577. The summed E-state index contributed by atoms with van der Waals surface area (Å²) in [6.45, 7) is 0.505. The molecule has 1 aliphatic heterocycles. The van der Waals surface area contributed by atoms with E-state index in [9.17, 15) is 39.6 Å². The Hall–Kier alpha value is -2.96. The van der Waals surface area contributed by atoms with Crippen LogP contribution in [0.15, 0.2) is 41.3 Å². The second-order valence-corrected chi connectivity index (χ2v) is 9.39. The van der Waals surface area contributed by atoms with E-state index in [1.165, 1.54) is 6.07 Å². The van der Waals surface area contributed by atoms with Crippen LogP contribution in [0.25, 0.3) is 0 Å². The Balaban J connectivity index is 1.93. The van der Waals surface area contributed by atoms with Crippen molar-refractivity contribution in [3.8, 4) is 11.5 Å². The molecule has 0 spiro atoms. The number of carbonyl (C=O) groups excluding carboxylic acids is 1. The molecular formula is C20H17F6NO5S. The number of ether oxygens (including phenoxy) is 2. The molecule has 13 heteroatoms. The lowest BCUT2D eigenvalue weighted by Gasteiger charge is -2.22. The number of hydrogen-bond acceptors (Lipinski definition) is 5. The highest BCUT2D eigenvalue weighted by molar-refractivity contribution is 7.90. The predicted molar refractivity (Wildman–Crippen MR) is 102 cm³/mol. The number of halogens is 6. The molecule has 0 bridgehead atoms. The Kier molecular flexibility index (Phi) is 6.30. The van der Waals surface area contributed by atoms with Crippen LogP contribution in [0, 0.1) is 0 Å². The average Bonchev–Trinajstić information content (AvgIpc) is 3.08. The number of alkyl halides is 6. The fraction of sp³-hybridized carbons (Fsp3) is 0.350. The van der Waals surface area contributed by atoms with E-state index in [-0.39, 0.29) is 18.0 Å². The first-order valence-corrected chi connectivity index (χ1v) is 11.2. The van der Waals surface area contributed by atoms with Crippen molar-refractivity contribution in [1.82, 2.24) is 4.90 Å². The molecule has 2 aromatic rings. The molecule has 3 rings (SSSR count). The monoisotopic (exact) mass is 497 g/mol. The van der Waals surface area contributed by atoms with Gasteiger partial charge >= 0.3 is 12.5 Å². The number of sulfone groups is 1. The maximum atomic E-state index is 13.1. The zero-order valence-electron chi connectivity index (χ0n) is 17.1. The third kappa shape index (κ3) is 5.89. The van der Waals surface area contributed by atoms with Gasteiger partial charge in [0.25, 0.3) is 5.91 Å². The Morgan fingerprint density at radius 3 is 2.21 bits per heavy atom. The van der Waals surface area contributed by atoms with Crippen molar-refractivity contribution in [2.75, 3.05) is 6.26 Å². The van der Waals surface area contributed by atoms with E-state index in [1.54, 1.807) is 0 Å². The van der Waals surface area contributed by atoms with E-state index in [1.807, 2.05) is 0 Å². The second-order valence-electron chi connectivity index (χ2n) is 7.37. The molecule has 1 atom stereocenters. The Morgan fingerprint density at radius 1 is 1.00 bits per heavy atom. The predicted octanol–water partition coefficient (Wildman–Crippen LogP) is 4.47. The van der Waals surface area contributed by atoms with Gasteiger partial charge in [-0.3, -0.25) is 4.79 Å². The highest BCUT2D eigenvalue weighted by atomic mass is 32.2. The summed E-state index contributed by atoms with van der Waals surface area (Å²) in [7, 11) is -3.80. The number of nitrogens with zero attached hydrogens (tertiary/aromatic N) is 1. The molecule has 0 N–H and O–H groups in total. The lowest BCUT2D eigenvalue weighted by molar-refractivity contribution is -0.274. The van der Waals surface area contributed by atoms with E-state index >= 15 is 0 Å². The summed E-state index contributed by atoms with van der Waals surface area (Å²) in [5, 5.41) is 0. The summed E-state index contributed by atoms with van der Waals surface area (Å²) >= 11 is 0. The van der Waals surface area contributed by atoms with Gasteiger partial charge in [-0.2, -0.15) is 13.2 Å². The minimum Gasteiger partial charge on any atom is -0.480 e. The van der Waals surface area contributed by atoms with Gasteiger partial charge < -0.3 is 14.4 Å². The van der Waals surface area contributed by atoms with E-state index in [2.05, 4.69) is 4.74 Å². The number of hydrogen-bond donors (Lipinski definition) is 0. The van der Waals surface area contributed by atoms with Gasteiger partial charge in [-0.25, -0.2) is 8.42 Å². The van der Waals surface area contributed by atoms with Gasteiger partial charge in [-0.15, -0.1) is 13.2 Å². The Labute approximate surface area is 184 Å². The van der Waals surface area contributed by atoms with Crippen LogP contribution >= 0.6 is 0 Å². The fourth-order valence-corrected chi connectivity index (χ4v) is 3.80. The molecular weight excluding hydrogens is 480 g/mol. The Morgan fingerprint density at radius 2 is 1.64 bits per heavy atom. The summed E-state index contributed by atoms with van der Waals surface area (Å²) in [6, 6.07) is 6.40. The molecule has 0 aliphatic carbocycles. The van der Waals surface area contributed by atoms with Gasteiger partial charge in [-0.1, -0.05) is 6.07 Å². The second kappa shape index (κ2) is 8.43. The van der Waals surface area contributed by atoms with Gasteiger partial charge in [0.1, 0.15) is 11.5 Å². The first kappa shape index (κ1) is 24.7. The Bertz CT molecular complexity index is 1180. The molecule has 0 saturated carbocycles. The quantitative estimate of drug-likeness (QED) is 0.570. The van der Waals surface area contributed by atoms with Crippen LogP contribution in [0.2, 0.25) is 0 Å². The third-order valence-electron chi connectivity index (χ3n) is 4.80. The maximum Gasteiger partial charge on any atom is 0.573 e. The smallest absolute Gasteiger partial charge is 0.480 e. The van der Waals surface area contributed by atoms with Gasteiger partial charge in [0.15, 0.2) is 15.9 Å². The standard InChI is InChI=1S/C20H17F6NO5S/c1-11(19(21,22)23)31-17-6-5-15(33(2,29)30)8-16(17)18(28)27-9-12-3-4-14(7-13(12)10-27)32-20(24,25)26/h3-8,11H,9-10H2,1-2H3/t11-/m0/s1. The highest BCUT2D eigenvalue weighted by Crippen LogP contribution is 2.34. The number of rotatable bonds is 5. The summed E-state index contributed by atoms with van der Waals surface area (Å²) in [4.78, 5) is 14.0. The number of amides is 1. The van der Waals surface area contributed by atoms with Crippen LogP contribution in [-0.2, 0) is 22.9 Å². The number of carbonyl (C=O) groups is 1. The van der Waals surface area contributed by atoms with Gasteiger partial charge in [0.05, 0.1) is 10.5 Å². The lowest BCUT2D eigenvalue weighted by atomic mass is 10.1. The zero-order chi connectivity index (χ0) is 24.8. The zero-order valence-corrected chi connectivity index (χ0v) is 17.9. The van der Waals surface area contributed by atoms with Crippen molar-refractivity contribution >= 4 is 15.7 Å². The molecule has 180 valence electrons. The first-order chi connectivity index (χ1) is 15.0. The molecule has 33 heavy (non-hydrogen) atoms. The van der Waals surface area contributed by atoms with E-state index in [0.717, 1.165) is 48.4 Å². The largest absolute Gasteiger partial charge is 0.573 e. The van der Waals surface area contributed by atoms with Crippen LogP contribution in [0.1, 0.15) is 28.4 Å². The SMILES string of the molecule is C[C@H](Oc1ccc(S(C)(=O)=O)cc1C(=O)N1Cc2ccc(OC(F)(F)F)cc2C1)C(F)(F)F. The normalized spacial score (nSPS) is 15.2. The van der Waals surface area contributed by atoms with Crippen molar-refractivity contribution in [2.24, 2.45) is 0 Å². The van der Waals surface area contributed by atoms with Gasteiger partial charge in [0.2, 0.25) is 0 Å². The summed E-state index contributed by atoms with van der Waals surface area (Å²) in [5.74, 6) is -1.81. The lowest BCUT2D eigenvalue weighted by Crippen LogP contribution is -2.32. The molecule has 1 amide bonds. The molecule has 6 nitrogen and oxygen atoms in total. The molecule has 2 aromatic carbocycles. The molecule has 1 heterocycles.